The Kier molecular flexibility index (Phi) is 5.26. The smallest absolute Gasteiger partial charge is 0.214 e. The van der Waals surface area contributed by atoms with Crippen LogP contribution >= 0.6 is 0 Å². The first-order valence-corrected chi connectivity index (χ1v) is 9.31. The Balaban J connectivity index is 1.84. The van der Waals surface area contributed by atoms with Crippen LogP contribution in [0.15, 0.2) is 0 Å². The first-order valence-electron chi connectivity index (χ1n) is 7.70. The third kappa shape index (κ3) is 4.17. The molecule has 0 radical (unpaired) electrons. The van der Waals surface area contributed by atoms with E-state index in [1.807, 2.05) is 0 Å². The fraction of sp³-hybridized carbons (Fsp3) is 1.00. The van der Waals surface area contributed by atoms with Crippen molar-refractivity contribution >= 4 is 10.0 Å². The third-order valence-corrected chi connectivity index (χ3v) is 6.70. The summed E-state index contributed by atoms with van der Waals surface area (Å²) in [5.41, 5.74) is 0. The monoisotopic (exact) mass is 288 g/mol. The molecule has 2 fully saturated rings. The zero-order chi connectivity index (χ0) is 13.9. The van der Waals surface area contributed by atoms with E-state index in [1.165, 1.54) is 12.8 Å². The van der Waals surface area contributed by atoms with E-state index in [1.54, 1.807) is 4.31 Å². The minimum atomic E-state index is -3.05. The molecular formula is C14H28N2O2S. The summed E-state index contributed by atoms with van der Waals surface area (Å²) in [6.07, 6.45) is 5.36. The van der Waals surface area contributed by atoms with Crippen LogP contribution in [-0.2, 0) is 10.0 Å². The van der Waals surface area contributed by atoms with Crippen molar-refractivity contribution in [3.63, 3.8) is 0 Å². The standard InChI is InChI=1S/C14H28N2O2S/c1-12-6-9-16(11-13(12)2)19(17,18)10-7-14-5-3-4-8-15-14/h12-15H,3-11H2,1-2H3. The first-order chi connectivity index (χ1) is 8.99. The largest absolute Gasteiger partial charge is 0.314 e. The fourth-order valence-corrected chi connectivity index (χ4v) is 4.75. The summed E-state index contributed by atoms with van der Waals surface area (Å²) in [6, 6.07) is 0.407. The zero-order valence-electron chi connectivity index (χ0n) is 12.3. The molecule has 0 spiro atoms. The molecule has 0 amide bonds. The van der Waals surface area contributed by atoms with Crippen molar-refractivity contribution in [2.45, 2.75) is 52.0 Å². The van der Waals surface area contributed by atoms with Crippen LogP contribution in [0.5, 0.6) is 0 Å². The van der Waals surface area contributed by atoms with Crippen LogP contribution in [0.4, 0.5) is 0 Å². The molecule has 2 aliphatic rings. The van der Waals surface area contributed by atoms with Gasteiger partial charge in [-0.15, -0.1) is 0 Å². The maximum absolute atomic E-state index is 12.4. The normalized spacial score (nSPS) is 34.3. The topological polar surface area (TPSA) is 49.4 Å². The van der Waals surface area contributed by atoms with Crippen LogP contribution in [-0.4, -0.2) is 44.2 Å². The second-order valence-corrected chi connectivity index (χ2v) is 8.44. The number of nitrogens with one attached hydrogen (secondary N) is 1. The molecule has 112 valence electrons. The van der Waals surface area contributed by atoms with Gasteiger partial charge in [0.1, 0.15) is 0 Å². The lowest BCUT2D eigenvalue weighted by molar-refractivity contribution is 0.212. The summed E-state index contributed by atoms with van der Waals surface area (Å²) >= 11 is 0. The maximum atomic E-state index is 12.4. The van der Waals surface area contributed by atoms with E-state index in [0.717, 1.165) is 25.8 Å². The van der Waals surface area contributed by atoms with Gasteiger partial charge in [0, 0.05) is 19.1 Å². The van der Waals surface area contributed by atoms with Gasteiger partial charge in [-0.05, 0) is 44.1 Å². The van der Waals surface area contributed by atoms with Gasteiger partial charge in [-0.1, -0.05) is 20.3 Å². The molecule has 3 atom stereocenters. The van der Waals surface area contributed by atoms with E-state index in [2.05, 4.69) is 19.2 Å². The molecule has 0 bridgehead atoms. The molecule has 0 saturated carbocycles. The Morgan fingerprint density at radius 2 is 1.95 bits per heavy atom. The summed E-state index contributed by atoms with van der Waals surface area (Å²) in [6.45, 7) is 6.85. The van der Waals surface area contributed by atoms with Crippen LogP contribution in [0.3, 0.4) is 0 Å². The number of rotatable bonds is 4. The fourth-order valence-electron chi connectivity index (χ4n) is 3.07. The zero-order valence-corrected chi connectivity index (χ0v) is 13.1. The molecule has 2 aliphatic heterocycles. The SMILES string of the molecule is CC1CCN(S(=O)(=O)CCC2CCCCN2)CC1C. The van der Waals surface area contributed by atoms with Crippen LogP contribution in [0.1, 0.15) is 46.0 Å². The van der Waals surface area contributed by atoms with Crippen molar-refractivity contribution < 1.29 is 8.42 Å². The predicted molar refractivity (Wildman–Crippen MR) is 78.6 cm³/mol. The van der Waals surface area contributed by atoms with Gasteiger partial charge in [-0.25, -0.2) is 12.7 Å². The lowest BCUT2D eigenvalue weighted by atomic mass is 9.90. The minimum Gasteiger partial charge on any atom is -0.314 e. The Morgan fingerprint density at radius 1 is 1.16 bits per heavy atom. The van der Waals surface area contributed by atoms with Gasteiger partial charge >= 0.3 is 0 Å². The maximum Gasteiger partial charge on any atom is 0.214 e. The molecule has 1 N–H and O–H groups in total. The van der Waals surface area contributed by atoms with Crippen LogP contribution in [0, 0.1) is 11.8 Å². The van der Waals surface area contributed by atoms with Gasteiger partial charge in [-0.3, -0.25) is 0 Å². The molecular weight excluding hydrogens is 260 g/mol. The Morgan fingerprint density at radius 3 is 2.58 bits per heavy atom. The van der Waals surface area contributed by atoms with Crippen molar-refractivity contribution in [2.24, 2.45) is 11.8 Å². The molecule has 19 heavy (non-hydrogen) atoms. The second-order valence-electron chi connectivity index (χ2n) is 6.35. The van der Waals surface area contributed by atoms with Gasteiger partial charge in [0.15, 0.2) is 0 Å². The van der Waals surface area contributed by atoms with Gasteiger partial charge < -0.3 is 5.32 Å². The van der Waals surface area contributed by atoms with E-state index in [9.17, 15) is 8.42 Å². The summed E-state index contributed by atoms with van der Waals surface area (Å²) in [7, 11) is -3.05. The van der Waals surface area contributed by atoms with E-state index < -0.39 is 10.0 Å². The number of hydrogen-bond donors (Lipinski definition) is 1. The van der Waals surface area contributed by atoms with Crippen molar-refractivity contribution in [1.82, 2.24) is 9.62 Å². The van der Waals surface area contributed by atoms with Gasteiger partial charge in [0.05, 0.1) is 5.75 Å². The Bertz CT molecular complexity index is 377. The summed E-state index contributed by atoms with van der Waals surface area (Å²) in [4.78, 5) is 0. The van der Waals surface area contributed by atoms with Gasteiger partial charge in [0.25, 0.3) is 0 Å². The molecule has 2 rings (SSSR count). The Labute approximate surface area is 118 Å². The van der Waals surface area contributed by atoms with Gasteiger partial charge in [0.2, 0.25) is 10.0 Å². The van der Waals surface area contributed by atoms with Crippen molar-refractivity contribution in [3.05, 3.63) is 0 Å². The number of nitrogens with zero attached hydrogens (tertiary/aromatic N) is 1. The summed E-state index contributed by atoms with van der Waals surface area (Å²) < 4.78 is 26.5. The molecule has 0 aromatic heterocycles. The van der Waals surface area contributed by atoms with E-state index in [0.29, 0.717) is 36.7 Å². The molecule has 2 heterocycles. The van der Waals surface area contributed by atoms with Gasteiger partial charge in [-0.2, -0.15) is 0 Å². The lowest BCUT2D eigenvalue weighted by Gasteiger charge is -2.34. The van der Waals surface area contributed by atoms with Crippen molar-refractivity contribution in [1.29, 1.82) is 0 Å². The predicted octanol–water partition coefficient (Wildman–Crippen LogP) is 1.83. The van der Waals surface area contributed by atoms with Crippen molar-refractivity contribution in [2.75, 3.05) is 25.4 Å². The number of piperidine rings is 2. The molecule has 4 nitrogen and oxygen atoms in total. The Hall–Kier alpha value is -0.130. The van der Waals surface area contributed by atoms with E-state index in [-0.39, 0.29) is 0 Å². The van der Waals surface area contributed by atoms with Crippen LogP contribution in [0.25, 0.3) is 0 Å². The summed E-state index contributed by atoms with van der Waals surface area (Å²) in [5.74, 6) is 1.44. The second kappa shape index (κ2) is 6.55. The first kappa shape index (κ1) is 15.3. The molecule has 3 unspecified atom stereocenters. The number of sulfonamides is 1. The molecule has 2 saturated heterocycles. The lowest BCUT2D eigenvalue weighted by Crippen LogP contribution is -2.44. The van der Waals surface area contributed by atoms with E-state index >= 15 is 0 Å². The molecule has 0 aromatic rings. The average Bonchev–Trinajstić information content (AvgIpc) is 2.41. The van der Waals surface area contributed by atoms with Crippen LogP contribution in [0.2, 0.25) is 0 Å². The summed E-state index contributed by atoms with van der Waals surface area (Å²) in [5, 5.41) is 3.43. The quantitative estimate of drug-likeness (QED) is 0.858. The highest BCUT2D eigenvalue weighted by Crippen LogP contribution is 2.25. The molecule has 0 aliphatic carbocycles. The highest BCUT2D eigenvalue weighted by molar-refractivity contribution is 7.89. The average molecular weight is 288 g/mol. The molecule has 0 aromatic carbocycles. The number of hydrogen-bond acceptors (Lipinski definition) is 3. The molecule has 5 heteroatoms. The van der Waals surface area contributed by atoms with Crippen molar-refractivity contribution in [3.8, 4) is 0 Å². The highest BCUT2D eigenvalue weighted by atomic mass is 32.2. The van der Waals surface area contributed by atoms with E-state index in [4.69, 9.17) is 0 Å². The third-order valence-electron chi connectivity index (χ3n) is 4.83. The highest BCUT2D eigenvalue weighted by Gasteiger charge is 2.30. The minimum absolute atomic E-state index is 0.311. The van der Waals surface area contributed by atoms with Crippen LogP contribution < -0.4 is 5.32 Å².